The van der Waals surface area contributed by atoms with Gasteiger partial charge in [0.1, 0.15) is 0 Å². The molecule has 2 aliphatic rings. The molecule has 1 heterocycles. The van der Waals surface area contributed by atoms with Crippen molar-refractivity contribution in [2.45, 2.75) is 25.7 Å². The van der Waals surface area contributed by atoms with Gasteiger partial charge in [0.05, 0.1) is 20.1 Å². The lowest BCUT2D eigenvalue weighted by Gasteiger charge is -2.21. The minimum atomic E-state index is -0.313. The molecule has 0 unspecified atom stereocenters. The summed E-state index contributed by atoms with van der Waals surface area (Å²) in [6, 6.07) is 5.54. The van der Waals surface area contributed by atoms with Gasteiger partial charge in [-0.15, -0.1) is 0 Å². The average molecular weight is 375 g/mol. The number of hydrogen-bond donors (Lipinski definition) is 2. The molecular weight excluding hydrogens is 346 g/mol. The third-order valence-electron chi connectivity index (χ3n) is 5.37. The summed E-state index contributed by atoms with van der Waals surface area (Å²) in [6.45, 7) is 4.03. The zero-order valence-electron chi connectivity index (χ0n) is 16.3. The van der Waals surface area contributed by atoms with Gasteiger partial charge in [0.15, 0.2) is 11.5 Å². The fourth-order valence-electron chi connectivity index (χ4n) is 3.72. The smallest absolute Gasteiger partial charge is 0.317 e. The summed E-state index contributed by atoms with van der Waals surface area (Å²) in [6.07, 6.45) is 2.37. The number of likely N-dealkylation sites (tertiary alicyclic amines) is 1. The Hall–Kier alpha value is -2.44. The lowest BCUT2D eigenvalue weighted by molar-refractivity contribution is -0.125. The zero-order valence-corrected chi connectivity index (χ0v) is 16.3. The molecule has 0 spiro atoms. The largest absolute Gasteiger partial charge is 0.493 e. The minimum Gasteiger partial charge on any atom is -0.493 e. The molecule has 1 aliphatic carbocycles. The maximum atomic E-state index is 12.9. The van der Waals surface area contributed by atoms with Crippen LogP contribution in [0.1, 0.15) is 31.2 Å². The summed E-state index contributed by atoms with van der Waals surface area (Å²) >= 11 is 0. The first-order chi connectivity index (χ1) is 13.1. The van der Waals surface area contributed by atoms with Gasteiger partial charge in [-0.25, -0.2) is 4.79 Å². The van der Waals surface area contributed by atoms with Gasteiger partial charge in [-0.2, -0.15) is 0 Å². The number of ether oxygens (including phenoxy) is 2. The Morgan fingerprint density at radius 3 is 2.56 bits per heavy atom. The highest BCUT2D eigenvalue weighted by molar-refractivity contribution is 5.83. The number of hydrogen-bond acceptors (Lipinski definition) is 4. The quantitative estimate of drug-likeness (QED) is 0.764. The summed E-state index contributed by atoms with van der Waals surface area (Å²) in [5.41, 5.74) is 0.898. The number of nitrogens with zero attached hydrogens (tertiary/aromatic N) is 1. The number of amides is 3. The van der Waals surface area contributed by atoms with Crippen molar-refractivity contribution in [3.8, 4) is 11.5 Å². The van der Waals surface area contributed by atoms with Gasteiger partial charge in [0.2, 0.25) is 5.91 Å². The van der Waals surface area contributed by atoms with Crippen molar-refractivity contribution in [3.05, 3.63) is 23.8 Å². The molecule has 148 valence electrons. The summed E-state index contributed by atoms with van der Waals surface area (Å²) < 4.78 is 11.0. The average Bonchev–Trinajstić information content (AvgIpc) is 3.41. The molecule has 1 aromatic carbocycles. The van der Waals surface area contributed by atoms with E-state index in [1.807, 2.05) is 25.1 Å². The number of rotatable bonds is 7. The van der Waals surface area contributed by atoms with Crippen LogP contribution in [0.4, 0.5) is 4.79 Å². The molecule has 2 N–H and O–H groups in total. The fraction of sp³-hybridized carbons (Fsp3) is 0.600. The maximum absolute atomic E-state index is 12.9. The number of carbonyl (C=O) groups excluding carboxylic acids is 2. The van der Waals surface area contributed by atoms with Crippen LogP contribution in [0.5, 0.6) is 11.5 Å². The Labute approximate surface area is 160 Å². The van der Waals surface area contributed by atoms with Crippen molar-refractivity contribution in [2.24, 2.45) is 11.8 Å². The molecule has 1 saturated heterocycles. The first-order valence-corrected chi connectivity index (χ1v) is 9.60. The number of benzene rings is 1. The fourth-order valence-corrected chi connectivity index (χ4v) is 3.72. The third kappa shape index (κ3) is 4.28. The molecule has 0 bridgehead atoms. The van der Waals surface area contributed by atoms with Gasteiger partial charge in [-0.05, 0) is 31.7 Å². The number of carbonyl (C=O) groups is 2. The molecule has 2 fully saturated rings. The van der Waals surface area contributed by atoms with E-state index in [1.165, 1.54) is 12.8 Å². The summed E-state index contributed by atoms with van der Waals surface area (Å²) in [5, 5.41) is 5.90. The van der Waals surface area contributed by atoms with Crippen molar-refractivity contribution in [2.75, 3.05) is 40.4 Å². The summed E-state index contributed by atoms with van der Waals surface area (Å²) in [7, 11) is 3.19. The van der Waals surface area contributed by atoms with E-state index in [2.05, 4.69) is 10.6 Å². The van der Waals surface area contributed by atoms with Gasteiger partial charge >= 0.3 is 6.03 Å². The van der Waals surface area contributed by atoms with Gasteiger partial charge in [-0.3, -0.25) is 4.79 Å². The first kappa shape index (κ1) is 19.3. The molecule has 0 radical (unpaired) electrons. The second-order valence-corrected chi connectivity index (χ2v) is 7.22. The number of nitrogens with one attached hydrogen (secondary N) is 2. The van der Waals surface area contributed by atoms with Crippen LogP contribution >= 0.6 is 0 Å². The number of methoxy groups -OCH3 is 2. The number of para-hydroxylation sites is 1. The molecule has 0 aromatic heterocycles. The lowest BCUT2D eigenvalue weighted by atomic mass is 9.87. The van der Waals surface area contributed by atoms with Crippen molar-refractivity contribution in [3.63, 3.8) is 0 Å². The second-order valence-electron chi connectivity index (χ2n) is 7.22. The minimum absolute atomic E-state index is 0.00331. The van der Waals surface area contributed by atoms with Crippen LogP contribution in [0.3, 0.4) is 0 Å². The topological polar surface area (TPSA) is 79.9 Å². The maximum Gasteiger partial charge on any atom is 0.317 e. The van der Waals surface area contributed by atoms with Crippen LogP contribution in [-0.4, -0.2) is 57.2 Å². The highest BCUT2D eigenvalue weighted by Gasteiger charge is 2.42. The molecular formula is C20H29N3O4. The Bertz CT molecular complexity index is 690. The van der Waals surface area contributed by atoms with E-state index >= 15 is 0 Å². The third-order valence-corrected chi connectivity index (χ3v) is 5.37. The molecule has 2 atom stereocenters. The van der Waals surface area contributed by atoms with Crippen molar-refractivity contribution < 1.29 is 19.1 Å². The van der Waals surface area contributed by atoms with Crippen LogP contribution in [0.25, 0.3) is 0 Å². The molecule has 27 heavy (non-hydrogen) atoms. The monoisotopic (exact) mass is 375 g/mol. The molecule has 7 heteroatoms. The van der Waals surface area contributed by atoms with Gasteiger partial charge < -0.3 is 25.0 Å². The van der Waals surface area contributed by atoms with Crippen LogP contribution in [0.15, 0.2) is 18.2 Å². The van der Waals surface area contributed by atoms with E-state index in [0.717, 1.165) is 12.1 Å². The van der Waals surface area contributed by atoms with Gasteiger partial charge in [-0.1, -0.05) is 12.1 Å². The highest BCUT2D eigenvalue weighted by Crippen LogP contribution is 2.42. The van der Waals surface area contributed by atoms with Crippen LogP contribution in [0.2, 0.25) is 0 Å². The molecule has 1 aliphatic heterocycles. The molecule has 3 amide bonds. The Balaban J connectivity index is 1.86. The Morgan fingerprint density at radius 2 is 1.93 bits per heavy atom. The zero-order chi connectivity index (χ0) is 19.4. The molecule has 7 nitrogen and oxygen atoms in total. The SMILES string of the molecule is CCNC(=O)N1C[C@H](C(=O)NCC2CC2)[C@@H](c2cccc(OC)c2OC)C1. The van der Waals surface area contributed by atoms with Crippen LogP contribution in [-0.2, 0) is 4.79 Å². The lowest BCUT2D eigenvalue weighted by Crippen LogP contribution is -2.40. The molecule has 1 saturated carbocycles. The van der Waals surface area contributed by atoms with E-state index in [9.17, 15) is 9.59 Å². The van der Waals surface area contributed by atoms with Gasteiger partial charge in [0, 0.05) is 37.7 Å². The van der Waals surface area contributed by atoms with Gasteiger partial charge in [0.25, 0.3) is 0 Å². The van der Waals surface area contributed by atoms with E-state index < -0.39 is 0 Å². The summed E-state index contributed by atoms with van der Waals surface area (Å²) in [5.74, 6) is 1.42. The Kier molecular flexibility index (Phi) is 6.08. The first-order valence-electron chi connectivity index (χ1n) is 9.60. The predicted molar refractivity (Wildman–Crippen MR) is 102 cm³/mol. The van der Waals surface area contributed by atoms with Crippen LogP contribution < -0.4 is 20.1 Å². The molecule has 1 aromatic rings. The highest BCUT2D eigenvalue weighted by atomic mass is 16.5. The normalized spacial score (nSPS) is 21.7. The van der Waals surface area contributed by atoms with E-state index in [4.69, 9.17) is 9.47 Å². The second kappa shape index (κ2) is 8.50. The van der Waals surface area contributed by atoms with E-state index in [0.29, 0.717) is 37.1 Å². The standard InChI is InChI=1S/C20H29N3O4/c1-4-21-20(25)23-11-15(14-6-5-7-17(26-2)18(14)27-3)16(12-23)19(24)22-10-13-8-9-13/h5-7,13,15-16H,4,8-12H2,1-3H3,(H,21,25)(H,22,24)/t15-,16+/m1/s1. The van der Waals surface area contributed by atoms with Crippen molar-refractivity contribution in [1.29, 1.82) is 0 Å². The predicted octanol–water partition coefficient (Wildman–Crippen LogP) is 1.97. The Morgan fingerprint density at radius 1 is 1.15 bits per heavy atom. The van der Waals surface area contributed by atoms with E-state index in [-0.39, 0.29) is 23.8 Å². The number of urea groups is 1. The van der Waals surface area contributed by atoms with E-state index in [1.54, 1.807) is 19.1 Å². The van der Waals surface area contributed by atoms with Crippen LogP contribution in [0, 0.1) is 11.8 Å². The molecule has 3 rings (SSSR count). The van der Waals surface area contributed by atoms with Crippen molar-refractivity contribution in [1.82, 2.24) is 15.5 Å². The van der Waals surface area contributed by atoms with Crippen molar-refractivity contribution >= 4 is 11.9 Å². The summed E-state index contributed by atoms with van der Waals surface area (Å²) in [4.78, 5) is 27.0.